The van der Waals surface area contributed by atoms with E-state index in [1.54, 1.807) is 14.2 Å². The lowest BCUT2D eigenvalue weighted by atomic mass is 10.2. The zero-order valence-corrected chi connectivity index (χ0v) is 13.2. The Balaban J connectivity index is 2.13. The van der Waals surface area contributed by atoms with Crippen LogP contribution >= 0.6 is 11.6 Å². The van der Waals surface area contributed by atoms with Gasteiger partial charge in [-0.25, -0.2) is 9.97 Å². The number of fused-ring (bicyclic) bond motifs is 1. The van der Waals surface area contributed by atoms with Gasteiger partial charge in [-0.2, -0.15) is 4.98 Å². The first kappa shape index (κ1) is 14.5. The Bertz CT molecular complexity index is 643. The lowest BCUT2D eigenvalue weighted by molar-refractivity contribution is 0.106. The summed E-state index contributed by atoms with van der Waals surface area (Å²) in [5.41, 5.74) is 1.45. The van der Waals surface area contributed by atoms with Gasteiger partial charge in [-0.15, -0.1) is 11.6 Å². The Morgan fingerprint density at radius 3 is 2.76 bits per heavy atom. The largest absolute Gasteiger partial charge is 0.479 e. The molecular formula is C14H19ClN4O2. The van der Waals surface area contributed by atoms with Crippen molar-refractivity contribution in [3.05, 3.63) is 12.2 Å². The summed E-state index contributed by atoms with van der Waals surface area (Å²) in [4.78, 5) is 13.1. The van der Waals surface area contributed by atoms with Gasteiger partial charge < -0.3 is 14.0 Å². The molecule has 3 atom stereocenters. The number of halogens is 1. The van der Waals surface area contributed by atoms with Gasteiger partial charge in [0.05, 0.1) is 18.6 Å². The smallest absolute Gasteiger partial charge is 0.245 e. The molecule has 7 heteroatoms. The van der Waals surface area contributed by atoms with Crippen molar-refractivity contribution in [1.82, 2.24) is 19.5 Å². The van der Waals surface area contributed by atoms with E-state index >= 15 is 0 Å². The fraction of sp³-hybridized carbons (Fsp3) is 0.643. The highest BCUT2D eigenvalue weighted by molar-refractivity contribution is 6.20. The average molecular weight is 311 g/mol. The summed E-state index contributed by atoms with van der Waals surface area (Å²) < 4.78 is 12.9. The van der Waals surface area contributed by atoms with Crippen molar-refractivity contribution >= 4 is 22.8 Å². The summed E-state index contributed by atoms with van der Waals surface area (Å²) in [5.74, 6) is 1.30. The standard InChI is InChI=1S/C14H19ClN4O2/c1-8(15)12-18-11-13(16-7-17-14(11)21-3)19(12)9-4-5-10(6-9)20-2/h7-10H,4-6H2,1-3H3. The normalized spacial score (nSPS) is 23.6. The van der Waals surface area contributed by atoms with Crippen LogP contribution in [-0.2, 0) is 4.74 Å². The van der Waals surface area contributed by atoms with Crippen molar-refractivity contribution in [2.24, 2.45) is 0 Å². The molecule has 21 heavy (non-hydrogen) atoms. The van der Waals surface area contributed by atoms with E-state index in [0.717, 1.165) is 30.7 Å². The molecule has 2 aromatic rings. The molecule has 2 heterocycles. The molecule has 0 spiro atoms. The number of rotatable bonds is 4. The summed E-state index contributed by atoms with van der Waals surface area (Å²) in [6.07, 6.45) is 4.82. The predicted octanol–water partition coefficient (Wildman–Crippen LogP) is 2.87. The SMILES string of the molecule is COc1ncnc2c1nc(C(C)Cl)n2C1CCC(OC)C1. The first-order valence-electron chi connectivity index (χ1n) is 7.09. The number of methoxy groups -OCH3 is 2. The second-order valence-corrected chi connectivity index (χ2v) is 5.99. The number of aromatic nitrogens is 4. The van der Waals surface area contributed by atoms with Crippen LogP contribution in [0.2, 0.25) is 0 Å². The molecule has 0 amide bonds. The Hall–Kier alpha value is -1.40. The molecule has 114 valence electrons. The average Bonchev–Trinajstić information content (AvgIpc) is 3.10. The van der Waals surface area contributed by atoms with Crippen LogP contribution in [0.4, 0.5) is 0 Å². The maximum absolute atomic E-state index is 6.32. The Morgan fingerprint density at radius 2 is 2.14 bits per heavy atom. The van der Waals surface area contributed by atoms with E-state index in [1.165, 1.54) is 6.33 Å². The number of nitrogens with zero attached hydrogens (tertiary/aromatic N) is 4. The number of imidazole rings is 1. The van der Waals surface area contributed by atoms with Gasteiger partial charge in [0.25, 0.3) is 0 Å². The zero-order chi connectivity index (χ0) is 15.0. The van der Waals surface area contributed by atoms with Crippen LogP contribution in [0.3, 0.4) is 0 Å². The van der Waals surface area contributed by atoms with E-state index in [1.807, 2.05) is 6.92 Å². The molecule has 0 N–H and O–H groups in total. The monoisotopic (exact) mass is 310 g/mol. The number of alkyl halides is 1. The Labute approximate surface area is 128 Å². The maximum atomic E-state index is 6.32. The maximum Gasteiger partial charge on any atom is 0.245 e. The number of ether oxygens (including phenoxy) is 2. The van der Waals surface area contributed by atoms with Gasteiger partial charge in [-0.1, -0.05) is 0 Å². The van der Waals surface area contributed by atoms with Crippen molar-refractivity contribution in [2.75, 3.05) is 14.2 Å². The molecule has 0 saturated heterocycles. The molecule has 1 saturated carbocycles. The molecule has 2 aromatic heterocycles. The third-order valence-corrected chi connectivity index (χ3v) is 4.27. The van der Waals surface area contributed by atoms with Gasteiger partial charge in [0.2, 0.25) is 5.88 Å². The van der Waals surface area contributed by atoms with E-state index in [0.29, 0.717) is 17.4 Å². The van der Waals surface area contributed by atoms with Crippen molar-refractivity contribution in [3.63, 3.8) is 0 Å². The lowest BCUT2D eigenvalue weighted by Crippen LogP contribution is -2.12. The molecule has 1 fully saturated rings. The predicted molar refractivity (Wildman–Crippen MR) is 79.8 cm³/mol. The summed E-state index contributed by atoms with van der Waals surface area (Å²) in [6, 6.07) is 0.302. The summed E-state index contributed by atoms with van der Waals surface area (Å²) in [7, 11) is 3.34. The molecule has 1 aliphatic carbocycles. The molecule has 0 bridgehead atoms. The molecule has 6 nitrogen and oxygen atoms in total. The fourth-order valence-electron chi connectivity index (χ4n) is 3.06. The van der Waals surface area contributed by atoms with E-state index in [-0.39, 0.29) is 11.5 Å². The fourth-order valence-corrected chi connectivity index (χ4v) is 3.21. The van der Waals surface area contributed by atoms with E-state index < -0.39 is 0 Å². The highest BCUT2D eigenvalue weighted by Crippen LogP contribution is 2.38. The van der Waals surface area contributed by atoms with Crippen LogP contribution in [0.1, 0.15) is 43.4 Å². The van der Waals surface area contributed by atoms with Crippen LogP contribution in [0.25, 0.3) is 11.2 Å². The highest BCUT2D eigenvalue weighted by atomic mass is 35.5. The highest BCUT2D eigenvalue weighted by Gasteiger charge is 2.31. The van der Waals surface area contributed by atoms with Crippen molar-refractivity contribution < 1.29 is 9.47 Å². The van der Waals surface area contributed by atoms with Crippen LogP contribution in [0.15, 0.2) is 6.33 Å². The number of hydrogen-bond donors (Lipinski definition) is 0. The lowest BCUT2D eigenvalue weighted by Gasteiger charge is -2.17. The summed E-state index contributed by atoms with van der Waals surface area (Å²) >= 11 is 6.32. The van der Waals surface area contributed by atoms with E-state index in [4.69, 9.17) is 21.1 Å². The molecule has 0 aliphatic heterocycles. The molecule has 3 rings (SSSR count). The topological polar surface area (TPSA) is 62.1 Å². The number of hydrogen-bond acceptors (Lipinski definition) is 5. The Morgan fingerprint density at radius 1 is 1.33 bits per heavy atom. The van der Waals surface area contributed by atoms with Crippen LogP contribution in [-0.4, -0.2) is 39.8 Å². The minimum atomic E-state index is -0.203. The quantitative estimate of drug-likeness (QED) is 0.813. The van der Waals surface area contributed by atoms with E-state index in [2.05, 4.69) is 19.5 Å². The van der Waals surface area contributed by atoms with Crippen LogP contribution in [0, 0.1) is 0 Å². The summed E-state index contributed by atoms with van der Waals surface area (Å²) in [5, 5.41) is -0.203. The van der Waals surface area contributed by atoms with Crippen molar-refractivity contribution in [3.8, 4) is 5.88 Å². The van der Waals surface area contributed by atoms with Gasteiger partial charge in [0.1, 0.15) is 12.2 Å². The molecule has 0 radical (unpaired) electrons. The van der Waals surface area contributed by atoms with Gasteiger partial charge >= 0.3 is 0 Å². The minimum Gasteiger partial charge on any atom is -0.479 e. The van der Waals surface area contributed by atoms with Crippen LogP contribution < -0.4 is 4.74 Å². The van der Waals surface area contributed by atoms with Crippen molar-refractivity contribution in [2.45, 2.75) is 43.7 Å². The Kier molecular flexibility index (Phi) is 3.99. The van der Waals surface area contributed by atoms with Gasteiger partial charge in [0, 0.05) is 13.2 Å². The second-order valence-electron chi connectivity index (χ2n) is 5.34. The minimum absolute atomic E-state index is 0.203. The van der Waals surface area contributed by atoms with E-state index in [9.17, 15) is 0 Å². The summed E-state index contributed by atoms with van der Waals surface area (Å²) in [6.45, 7) is 1.92. The molecule has 1 aliphatic rings. The van der Waals surface area contributed by atoms with Gasteiger partial charge in [-0.3, -0.25) is 0 Å². The molecular weight excluding hydrogens is 292 g/mol. The van der Waals surface area contributed by atoms with Gasteiger partial charge in [0.15, 0.2) is 11.2 Å². The first-order chi connectivity index (χ1) is 10.2. The molecule has 3 unspecified atom stereocenters. The van der Waals surface area contributed by atoms with Crippen molar-refractivity contribution in [1.29, 1.82) is 0 Å². The van der Waals surface area contributed by atoms with Gasteiger partial charge in [-0.05, 0) is 26.2 Å². The third-order valence-electron chi connectivity index (χ3n) is 4.08. The zero-order valence-electron chi connectivity index (χ0n) is 12.4. The molecule has 0 aromatic carbocycles. The first-order valence-corrected chi connectivity index (χ1v) is 7.53. The third kappa shape index (κ3) is 2.46. The van der Waals surface area contributed by atoms with Crippen LogP contribution in [0.5, 0.6) is 5.88 Å². The second kappa shape index (κ2) is 5.77.